The van der Waals surface area contributed by atoms with E-state index in [2.05, 4.69) is 22.5 Å². The number of benzene rings is 1. The smallest absolute Gasteiger partial charge is 0.0694 e. The number of hydrogen-bond donors (Lipinski definition) is 1. The van der Waals surface area contributed by atoms with Gasteiger partial charge < -0.3 is 5.11 Å². The van der Waals surface area contributed by atoms with Crippen molar-refractivity contribution in [2.24, 2.45) is 0 Å². The molecule has 14 heavy (non-hydrogen) atoms. The Morgan fingerprint density at radius 3 is 2.50 bits per heavy atom. The molecule has 0 heterocycles. The predicted octanol–water partition coefficient (Wildman–Crippen LogP) is 3.32. The van der Waals surface area contributed by atoms with E-state index in [1.54, 1.807) is 6.08 Å². The molecule has 0 radical (unpaired) electrons. The Morgan fingerprint density at radius 2 is 2.00 bits per heavy atom. The van der Waals surface area contributed by atoms with Gasteiger partial charge >= 0.3 is 0 Å². The molecule has 1 N–H and O–H groups in total. The van der Waals surface area contributed by atoms with Crippen LogP contribution in [-0.4, -0.2) is 10.7 Å². The van der Waals surface area contributed by atoms with Gasteiger partial charge in [-0.3, -0.25) is 0 Å². The molecular weight excluding hydrogens is 240 g/mol. The highest BCUT2D eigenvalue weighted by molar-refractivity contribution is 9.10. The first-order chi connectivity index (χ1) is 6.53. The van der Waals surface area contributed by atoms with Gasteiger partial charge in [-0.05, 0) is 31.0 Å². The van der Waals surface area contributed by atoms with Crippen molar-refractivity contribution in [2.45, 2.75) is 25.4 Å². The first-order valence-corrected chi connectivity index (χ1v) is 5.40. The van der Waals surface area contributed by atoms with Crippen molar-refractivity contribution >= 4 is 15.9 Å². The molecule has 0 aliphatic rings. The van der Waals surface area contributed by atoms with Gasteiger partial charge in [0.05, 0.1) is 5.60 Å². The predicted molar refractivity (Wildman–Crippen MR) is 63.3 cm³/mol. The Labute approximate surface area is 93.6 Å². The van der Waals surface area contributed by atoms with Crippen LogP contribution in [0.2, 0.25) is 0 Å². The summed E-state index contributed by atoms with van der Waals surface area (Å²) in [5.41, 5.74) is 0.454. The molecule has 1 rings (SSSR count). The van der Waals surface area contributed by atoms with Gasteiger partial charge in [0.1, 0.15) is 0 Å². The van der Waals surface area contributed by atoms with Crippen LogP contribution in [0.5, 0.6) is 0 Å². The minimum Gasteiger partial charge on any atom is -0.390 e. The third-order valence-corrected chi connectivity index (χ3v) is 2.61. The molecule has 76 valence electrons. The monoisotopic (exact) mass is 254 g/mol. The number of rotatable bonds is 4. The Kier molecular flexibility index (Phi) is 3.90. The molecule has 0 saturated carbocycles. The van der Waals surface area contributed by atoms with Crippen LogP contribution in [-0.2, 0) is 6.42 Å². The van der Waals surface area contributed by atoms with Gasteiger partial charge in [0, 0.05) is 10.9 Å². The molecule has 1 nitrogen and oxygen atoms in total. The molecule has 0 saturated heterocycles. The van der Waals surface area contributed by atoms with Gasteiger partial charge in [-0.1, -0.05) is 34.1 Å². The normalized spacial score (nSPS) is 14.8. The first-order valence-electron chi connectivity index (χ1n) is 4.61. The zero-order valence-electron chi connectivity index (χ0n) is 8.33. The Balaban J connectivity index is 2.68. The molecule has 1 aromatic rings. The molecule has 0 aliphatic heterocycles. The van der Waals surface area contributed by atoms with Gasteiger partial charge in [-0.2, -0.15) is 0 Å². The fraction of sp³-hybridized carbons (Fsp3) is 0.333. The lowest BCUT2D eigenvalue weighted by atomic mass is 9.93. The van der Waals surface area contributed by atoms with Gasteiger partial charge in [0.15, 0.2) is 0 Å². The van der Waals surface area contributed by atoms with E-state index in [9.17, 15) is 5.11 Å². The maximum absolute atomic E-state index is 9.95. The fourth-order valence-electron chi connectivity index (χ4n) is 1.43. The van der Waals surface area contributed by atoms with Gasteiger partial charge in [0.25, 0.3) is 0 Å². The molecule has 0 bridgehead atoms. The Morgan fingerprint density at radius 1 is 1.43 bits per heavy atom. The van der Waals surface area contributed by atoms with Crippen LogP contribution in [0.4, 0.5) is 0 Å². The summed E-state index contributed by atoms with van der Waals surface area (Å²) in [6, 6.07) is 8.00. The average Bonchev–Trinajstić information content (AvgIpc) is 2.08. The lowest BCUT2D eigenvalue weighted by molar-refractivity contribution is 0.0637. The van der Waals surface area contributed by atoms with Gasteiger partial charge in [-0.25, -0.2) is 0 Å². The molecule has 1 atom stereocenters. The van der Waals surface area contributed by atoms with Crippen LogP contribution >= 0.6 is 15.9 Å². The maximum atomic E-state index is 9.95. The van der Waals surface area contributed by atoms with Crippen molar-refractivity contribution < 1.29 is 5.11 Å². The molecular formula is C12H15BrO. The van der Waals surface area contributed by atoms with Gasteiger partial charge in [-0.15, -0.1) is 6.58 Å². The summed E-state index contributed by atoms with van der Waals surface area (Å²) in [4.78, 5) is 0. The molecule has 2 heteroatoms. The van der Waals surface area contributed by atoms with E-state index in [1.807, 2.05) is 31.2 Å². The summed E-state index contributed by atoms with van der Waals surface area (Å²) >= 11 is 3.38. The van der Waals surface area contributed by atoms with Crippen molar-refractivity contribution in [3.63, 3.8) is 0 Å². The second-order valence-corrected chi connectivity index (χ2v) is 4.71. The van der Waals surface area contributed by atoms with Crippen LogP contribution in [0.3, 0.4) is 0 Å². The lowest BCUT2D eigenvalue weighted by Gasteiger charge is -2.21. The van der Waals surface area contributed by atoms with E-state index in [-0.39, 0.29) is 0 Å². The van der Waals surface area contributed by atoms with Crippen LogP contribution in [0, 0.1) is 0 Å². The number of halogens is 1. The summed E-state index contributed by atoms with van der Waals surface area (Å²) in [6.07, 6.45) is 3.02. The van der Waals surface area contributed by atoms with Crippen LogP contribution in [0.25, 0.3) is 0 Å². The minimum atomic E-state index is -0.685. The SMILES string of the molecule is C=CCC(C)(O)Cc1ccc(Br)cc1. The molecule has 0 fully saturated rings. The summed E-state index contributed by atoms with van der Waals surface area (Å²) in [7, 11) is 0. The third-order valence-electron chi connectivity index (χ3n) is 2.08. The largest absolute Gasteiger partial charge is 0.390 e. The molecule has 1 unspecified atom stereocenters. The van der Waals surface area contributed by atoms with Crippen molar-refractivity contribution in [3.8, 4) is 0 Å². The summed E-state index contributed by atoms with van der Waals surface area (Å²) < 4.78 is 1.06. The molecule has 0 aliphatic carbocycles. The van der Waals surface area contributed by atoms with E-state index in [0.717, 1.165) is 10.0 Å². The first kappa shape index (κ1) is 11.5. The van der Waals surface area contributed by atoms with E-state index in [1.165, 1.54) is 0 Å². The average molecular weight is 255 g/mol. The molecule has 1 aromatic carbocycles. The molecule has 0 spiro atoms. The quantitative estimate of drug-likeness (QED) is 0.818. The second-order valence-electron chi connectivity index (χ2n) is 3.79. The minimum absolute atomic E-state index is 0.614. The van der Waals surface area contributed by atoms with Crippen LogP contribution in [0.15, 0.2) is 41.4 Å². The highest BCUT2D eigenvalue weighted by atomic mass is 79.9. The van der Waals surface area contributed by atoms with Crippen molar-refractivity contribution in [1.82, 2.24) is 0 Å². The Bertz CT molecular complexity index is 301. The third kappa shape index (κ3) is 3.64. The summed E-state index contributed by atoms with van der Waals surface area (Å²) in [5.74, 6) is 0. The number of hydrogen-bond acceptors (Lipinski definition) is 1. The van der Waals surface area contributed by atoms with Crippen molar-refractivity contribution in [2.75, 3.05) is 0 Å². The second kappa shape index (κ2) is 4.76. The fourth-order valence-corrected chi connectivity index (χ4v) is 1.69. The van der Waals surface area contributed by atoms with E-state index >= 15 is 0 Å². The van der Waals surface area contributed by atoms with Gasteiger partial charge in [0.2, 0.25) is 0 Å². The standard InChI is InChI=1S/C12H15BrO/c1-3-8-12(2,14)9-10-4-6-11(13)7-5-10/h3-7,14H,1,8-9H2,2H3. The highest BCUT2D eigenvalue weighted by Gasteiger charge is 2.18. The summed E-state index contributed by atoms with van der Waals surface area (Å²) in [6.45, 7) is 5.46. The summed E-state index contributed by atoms with van der Waals surface area (Å²) in [5, 5.41) is 9.95. The highest BCUT2D eigenvalue weighted by Crippen LogP contribution is 2.19. The van der Waals surface area contributed by atoms with Crippen LogP contribution < -0.4 is 0 Å². The van der Waals surface area contributed by atoms with E-state index < -0.39 is 5.60 Å². The lowest BCUT2D eigenvalue weighted by Crippen LogP contribution is -2.26. The zero-order valence-corrected chi connectivity index (χ0v) is 9.92. The Hall–Kier alpha value is -0.600. The number of aliphatic hydroxyl groups is 1. The van der Waals surface area contributed by atoms with Crippen molar-refractivity contribution in [3.05, 3.63) is 47.0 Å². The topological polar surface area (TPSA) is 20.2 Å². The molecule has 0 amide bonds. The zero-order chi connectivity index (χ0) is 10.6. The van der Waals surface area contributed by atoms with E-state index in [0.29, 0.717) is 12.8 Å². The van der Waals surface area contributed by atoms with Crippen LogP contribution in [0.1, 0.15) is 18.9 Å². The van der Waals surface area contributed by atoms with Crippen molar-refractivity contribution in [1.29, 1.82) is 0 Å². The maximum Gasteiger partial charge on any atom is 0.0694 e. The van der Waals surface area contributed by atoms with E-state index in [4.69, 9.17) is 0 Å². The molecule has 0 aromatic heterocycles.